The first-order valence-electron chi connectivity index (χ1n) is 4.39. The van der Waals surface area contributed by atoms with Gasteiger partial charge in [-0.25, -0.2) is 0 Å². The van der Waals surface area contributed by atoms with E-state index in [9.17, 15) is 4.79 Å². The molecule has 1 N–H and O–H groups in total. The van der Waals surface area contributed by atoms with Crippen LogP contribution < -0.4 is 5.32 Å². The molecule has 2 unspecified atom stereocenters. The lowest BCUT2D eigenvalue weighted by Gasteiger charge is -2.27. The maximum Gasteiger partial charge on any atom is 0.243 e. The van der Waals surface area contributed by atoms with E-state index >= 15 is 0 Å². The molecule has 0 aromatic rings. The van der Waals surface area contributed by atoms with Crippen LogP contribution in [0.3, 0.4) is 0 Å². The molecular formula is C9H15NO3. The lowest BCUT2D eigenvalue weighted by molar-refractivity contribution is -0.204. The van der Waals surface area contributed by atoms with Crippen LogP contribution in [-0.2, 0) is 14.3 Å². The minimum atomic E-state index is -0.312. The van der Waals surface area contributed by atoms with Gasteiger partial charge in [-0.15, -0.1) is 0 Å². The average Bonchev–Trinajstić information content (AvgIpc) is 2.14. The molecule has 1 rings (SSSR count). The highest BCUT2D eigenvalue weighted by atomic mass is 16.7. The van der Waals surface area contributed by atoms with Gasteiger partial charge in [-0.05, 0) is 19.4 Å². The fourth-order valence-electron chi connectivity index (χ4n) is 1.10. The number of amides is 1. The number of rotatable bonds is 3. The van der Waals surface area contributed by atoms with E-state index in [1.54, 1.807) is 0 Å². The molecule has 0 spiro atoms. The summed E-state index contributed by atoms with van der Waals surface area (Å²) in [5, 5.41) is 2.62. The first-order chi connectivity index (χ1) is 6.22. The van der Waals surface area contributed by atoms with Crippen molar-refractivity contribution in [3.63, 3.8) is 0 Å². The summed E-state index contributed by atoms with van der Waals surface area (Å²) in [5.74, 6) is -0.203. The number of carbonyl (C=O) groups excluding carboxylic acids is 1. The van der Waals surface area contributed by atoms with Gasteiger partial charge in [-0.3, -0.25) is 4.79 Å². The highest BCUT2D eigenvalue weighted by molar-refractivity contribution is 5.86. The number of nitrogens with one attached hydrogen (secondary N) is 1. The van der Waals surface area contributed by atoms with Gasteiger partial charge < -0.3 is 14.8 Å². The fourth-order valence-corrected chi connectivity index (χ4v) is 1.10. The quantitative estimate of drug-likeness (QED) is 0.649. The van der Waals surface area contributed by atoms with Crippen molar-refractivity contribution in [2.24, 2.45) is 0 Å². The molecule has 1 aliphatic heterocycles. The topological polar surface area (TPSA) is 47.6 Å². The molecule has 4 heteroatoms. The van der Waals surface area contributed by atoms with Crippen molar-refractivity contribution in [3.05, 3.63) is 12.7 Å². The summed E-state index contributed by atoms with van der Waals surface area (Å²) in [6.07, 6.45) is 2.03. The number of hydrogen-bond acceptors (Lipinski definition) is 3. The van der Waals surface area contributed by atoms with E-state index in [1.165, 1.54) is 6.08 Å². The van der Waals surface area contributed by atoms with Gasteiger partial charge in [0.2, 0.25) is 5.91 Å². The third kappa shape index (κ3) is 3.57. The summed E-state index contributed by atoms with van der Waals surface area (Å²) in [6.45, 7) is 6.41. The molecule has 1 saturated heterocycles. The lowest BCUT2D eigenvalue weighted by Crippen LogP contribution is -2.39. The van der Waals surface area contributed by atoms with Crippen LogP contribution in [0.25, 0.3) is 0 Å². The molecule has 0 saturated carbocycles. The molecule has 1 amide bonds. The Morgan fingerprint density at radius 3 is 3.15 bits per heavy atom. The summed E-state index contributed by atoms with van der Waals surface area (Å²) in [6, 6.07) is 0. The first kappa shape index (κ1) is 10.2. The van der Waals surface area contributed by atoms with Gasteiger partial charge >= 0.3 is 0 Å². The van der Waals surface area contributed by atoms with Crippen molar-refractivity contribution in [1.29, 1.82) is 0 Å². The van der Waals surface area contributed by atoms with Crippen LogP contribution in [0, 0.1) is 0 Å². The van der Waals surface area contributed by atoms with Crippen molar-refractivity contribution in [1.82, 2.24) is 5.32 Å². The minimum Gasteiger partial charge on any atom is -0.351 e. The summed E-state index contributed by atoms with van der Waals surface area (Å²) in [5.41, 5.74) is 0. The normalized spacial score (nSPS) is 28.1. The Labute approximate surface area is 77.9 Å². The molecule has 0 radical (unpaired) electrons. The van der Waals surface area contributed by atoms with Crippen molar-refractivity contribution in [3.8, 4) is 0 Å². The van der Waals surface area contributed by atoms with Crippen molar-refractivity contribution < 1.29 is 14.3 Å². The molecule has 74 valence electrons. The second kappa shape index (κ2) is 4.99. The fraction of sp³-hybridized carbons (Fsp3) is 0.667. The molecule has 2 atom stereocenters. The van der Waals surface area contributed by atoms with Crippen LogP contribution >= 0.6 is 0 Å². The Morgan fingerprint density at radius 1 is 1.77 bits per heavy atom. The molecule has 0 aromatic carbocycles. The van der Waals surface area contributed by atoms with Gasteiger partial charge in [-0.1, -0.05) is 6.58 Å². The summed E-state index contributed by atoms with van der Waals surface area (Å²) >= 11 is 0. The second-order valence-corrected chi connectivity index (χ2v) is 2.99. The monoisotopic (exact) mass is 185 g/mol. The zero-order valence-electron chi connectivity index (χ0n) is 7.79. The van der Waals surface area contributed by atoms with Crippen LogP contribution in [-0.4, -0.2) is 31.5 Å². The van der Waals surface area contributed by atoms with E-state index in [0.717, 1.165) is 6.42 Å². The highest BCUT2D eigenvalue weighted by Gasteiger charge is 2.19. The zero-order chi connectivity index (χ0) is 9.68. The van der Waals surface area contributed by atoms with Crippen molar-refractivity contribution >= 4 is 5.91 Å². The third-order valence-electron chi connectivity index (χ3n) is 1.84. The van der Waals surface area contributed by atoms with Gasteiger partial charge in [0, 0.05) is 0 Å². The van der Waals surface area contributed by atoms with Crippen LogP contribution in [0.15, 0.2) is 12.7 Å². The van der Waals surface area contributed by atoms with Crippen molar-refractivity contribution in [2.75, 3.05) is 13.2 Å². The highest BCUT2D eigenvalue weighted by Crippen LogP contribution is 2.10. The Bertz CT molecular complexity index is 193. The third-order valence-corrected chi connectivity index (χ3v) is 1.84. The lowest BCUT2D eigenvalue weighted by atomic mass is 10.3. The SMILES string of the molecule is C=CC(=O)NCC1OCCC(C)O1. The van der Waals surface area contributed by atoms with Crippen LogP contribution in [0.1, 0.15) is 13.3 Å². The molecule has 1 heterocycles. The maximum atomic E-state index is 10.8. The number of ether oxygens (including phenoxy) is 2. The van der Waals surface area contributed by atoms with Gasteiger partial charge in [0.1, 0.15) is 0 Å². The van der Waals surface area contributed by atoms with E-state index in [2.05, 4.69) is 11.9 Å². The molecule has 4 nitrogen and oxygen atoms in total. The zero-order valence-corrected chi connectivity index (χ0v) is 7.79. The Kier molecular flexibility index (Phi) is 3.92. The van der Waals surface area contributed by atoms with E-state index in [4.69, 9.17) is 9.47 Å². The van der Waals surface area contributed by atoms with Gasteiger partial charge in [0.05, 0.1) is 19.3 Å². The number of hydrogen-bond donors (Lipinski definition) is 1. The van der Waals surface area contributed by atoms with E-state index < -0.39 is 0 Å². The van der Waals surface area contributed by atoms with Gasteiger partial charge in [0.25, 0.3) is 0 Å². The molecule has 1 aliphatic rings. The molecule has 13 heavy (non-hydrogen) atoms. The largest absolute Gasteiger partial charge is 0.351 e. The molecular weight excluding hydrogens is 170 g/mol. The van der Waals surface area contributed by atoms with E-state index in [1.807, 2.05) is 6.92 Å². The first-order valence-corrected chi connectivity index (χ1v) is 4.39. The van der Waals surface area contributed by atoms with E-state index in [0.29, 0.717) is 13.2 Å². The minimum absolute atomic E-state index is 0.203. The maximum absolute atomic E-state index is 10.8. The van der Waals surface area contributed by atoms with Gasteiger partial charge in [-0.2, -0.15) is 0 Å². The predicted molar refractivity (Wildman–Crippen MR) is 48.1 cm³/mol. The Balaban J connectivity index is 2.20. The van der Waals surface area contributed by atoms with Crippen LogP contribution in [0.5, 0.6) is 0 Å². The van der Waals surface area contributed by atoms with Gasteiger partial charge in [0.15, 0.2) is 6.29 Å². The predicted octanol–water partition coefficient (Wildman–Crippen LogP) is 0.440. The van der Waals surface area contributed by atoms with Crippen molar-refractivity contribution in [2.45, 2.75) is 25.7 Å². The van der Waals surface area contributed by atoms with Crippen LogP contribution in [0.2, 0.25) is 0 Å². The average molecular weight is 185 g/mol. The summed E-state index contributed by atoms with van der Waals surface area (Å²) in [7, 11) is 0. The number of carbonyl (C=O) groups is 1. The standard InChI is InChI=1S/C9H15NO3/c1-3-8(11)10-6-9-12-5-4-7(2)13-9/h3,7,9H,1,4-6H2,2H3,(H,10,11). The Hall–Kier alpha value is -0.870. The smallest absolute Gasteiger partial charge is 0.243 e. The molecule has 0 bridgehead atoms. The van der Waals surface area contributed by atoms with E-state index in [-0.39, 0.29) is 18.3 Å². The summed E-state index contributed by atoms with van der Waals surface area (Å²) in [4.78, 5) is 10.8. The molecule has 0 aromatic heterocycles. The Morgan fingerprint density at radius 2 is 2.54 bits per heavy atom. The molecule has 0 aliphatic carbocycles. The van der Waals surface area contributed by atoms with Crippen LogP contribution in [0.4, 0.5) is 0 Å². The second-order valence-electron chi connectivity index (χ2n) is 2.99. The molecule has 1 fully saturated rings. The summed E-state index contributed by atoms with van der Waals surface area (Å²) < 4.78 is 10.7.